The number of aliphatic hydroxyl groups excluding tert-OH is 1. The minimum atomic E-state index is -0.502. The van der Waals surface area contributed by atoms with Crippen molar-refractivity contribution in [2.45, 2.75) is 32.4 Å². The summed E-state index contributed by atoms with van der Waals surface area (Å²) in [5.41, 5.74) is 1.15. The molecule has 0 saturated carbocycles. The molecule has 3 nitrogen and oxygen atoms in total. The topological polar surface area (TPSA) is 41.5 Å². The van der Waals surface area contributed by atoms with E-state index in [0.29, 0.717) is 19.2 Å². The summed E-state index contributed by atoms with van der Waals surface area (Å²) in [6.07, 6.45) is 2.26. The first kappa shape index (κ1) is 14.7. The van der Waals surface area contributed by atoms with Crippen molar-refractivity contribution < 1.29 is 9.84 Å². The molecule has 0 heterocycles. The lowest BCUT2D eigenvalue weighted by Crippen LogP contribution is -2.36. The molecule has 0 spiro atoms. The quantitative estimate of drug-likeness (QED) is 0.695. The molecule has 18 heavy (non-hydrogen) atoms. The molecule has 2 atom stereocenters. The fraction of sp³-hybridized carbons (Fsp3) is 0.467. The Morgan fingerprint density at radius 1 is 1.50 bits per heavy atom. The van der Waals surface area contributed by atoms with Crippen molar-refractivity contribution in [2.75, 3.05) is 13.2 Å². The maximum absolute atomic E-state index is 9.78. The van der Waals surface area contributed by atoms with E-state index in [9.17, 15) is 5.11 Å². The van der Waals surface area contributed by atoms with Gasteiger partial charge in [0.05, 0.1) is 0 Å². The Bertz CT molecular complexity index is 365. The van der Waals surface area contributed by atoms with Crippen molar-refractivity contribution in [3.05, 3.63) is 42.5 Å². The lowest BCUT2D eigenvalue weighted by Gasteiger charge is -2.16. The van der Waals surface area contributed by atoms with Crippen molar-refractivity contribution in [1.29, 1.82) is 0 Å². The SMILES string of the molecule is C=CCC(C)NCC(O)COc1cccc(C)c1. The molecule has 1 rings (SSSR count). The van der Waals surface area contributed by atoms with E-state index >= 15 is 0 Å². The van der Waals surface area contributed by atoms with E-state index in [0.717, 1.165) is 17.7 Å². The molecule has 0 bridgehead atoms. The molecule has 3 heteroatoms. The van der Waals surface area contributed by atoms with Crippen molar-refractivity contribution in [3.63, 3.8) is 0 Å². The monoisotopic (exact) mass is 249 g/mol. The summed E-state index contributed by atoms with van der Waals surface area (Å²) < 4.78 is 5.53. The van der Waals surface area contributed by atoms with Crippen molar-refractivity contribution in [1.82, 2.24) is 5.32 Å². The molecule has 0 aliphatic rings. The predicted molar refractivity (Wildman–Crippen MR) is 75.0 cm³/mol. The number of hydrogen-bond donors (Lipinski definition) is 2. The Morgan fingerprint density at radius 3 is 2.94 bits per heavy atom. The Balaban J connectivity index is 2.24. The third-order valence-corrected chi connectivity index (χ3v) is 2.65. The first-order valence-electron chi connectivity index (χ1n) is 6.33. The standard InChI is InChI=1S/C15H23NO2/c1-4-6-13(3)16-10-14(17)11-18-15-8-5-7-12(2)9-15/h4-5,7-9,13-14,16-17H,1,6,10-11H2,2-3H3. The number of hydrogen-bond acceptors (Lipinski definition) is 3. The fourth-order valence-corrected chi connectivity index (χ4v) is 1.63. The molecular weight excluding hydrogens is 226 g/mol. The third kappa shape index (κ3) is 5.84. The largest absolute Gasteiger partial charge is 0.491 e. The van der Waals surface area contributed by atoms with Gasteiger partial charge in [0, 0.05) is 12.6 Å². The van der Waals surface area contributed by atoms with Crippen molar-refractivity contribution >= 4 is 0 Å². The van der Waals surface area contributed by atoms with Gasteiger partial charge in [-0.25, -0.2) is 0 Å². The van der Waals surface area contributed by atoms with Gasteiger partial charge in [-0.1, -0.05) is 18.2 Å². The lowest BCUT2D eigenvalue weighted by atomic mass is 10.2. The number of aliphatic hydroxyl groups is 1. The van der Waals surface area contributed by atoms with Crippen LogP contribution in [0.25, 0.3) is 0 Å². The van der Waals surface area contributed by atoms with Gasteiger partial charge in [-0.15, -0.1) is 6.58 Å². The zero-order chi connectivity index (χ0) is 13.4. The highest BCUT2D eigenvalue weighted by Gasteiger charge is 2.07. The van der Waals surface area contributed by atoms with Crippen LogP contribution in [-0.4, -0.2) is 30.4 Å². The summed E-state index contributed by atoms with van der Waals surface area (Å²) in [7, 11) is 0. The van der Waals surface area contributed by atoms with Crippen LogP contribution in [-0.2, 0) is 0 Å². The normalized spacial score (nSPS) is 13.9. The van der Waals surface area contributed by atoms with E-state index in [2.05, 4.69) is 18.8 Å². The highest BCUT2D eigenvalue weighted by molar-refractivity contribution is 5.27. The van der Waals surface area contributed by atoms with Crippen LogP contribution in [0.5, 0.6) is 5.75 Å². The van der Waals surface area contributed by atoms with Crippen LogP contribution in [0.3, 0.4) is 0 Å². The van der Waals surface area contributed by atoms with Gasteiger partial charge in [0.25, 0.3) is 0 Å². The Kier molecular flexibility index (Phi) is 6.47. The van der Waals surface area contributed by atoms with Gasteiger partial charge >= 0.3 is 0 Å². The fourth-order valence-electron chi connectivity index (χ4n) is 1.63. The molecule has 0 radical (unpaired) electrons. The minimum Gasteiger partial charge on any atom is -0.491 e. The molecule has 1 aromatic rings. The lowest BCUT2D eigenvalue weighted by molar-refractivity contribution is 0.104. The number of ether oxygens (including phenoxy) is 1. The summed E-state index contributed by atoms with van der Waals surface area (Å²) >= 11 is 0. The average molecular weight is 249 g/mol. The Morgan fingerprint density at radius 2 is 2.28 bits per heavy atom. The number of benzene rings is 1. The number of rotatable bonds is 8. The van der Waals surface area contributed by atoms with E-state index in [1.54, 1.807) is 0 Å². The highest BCUT2D eigenvalue weighted by atomic mass is 16.5. The molecule has 1 aromatic carbocycles. The summed E-state index contributed by atoms with van der Waals surface area (Å²) in [5, 5.41) is 13.0. The van der Waals surface area contributed by atoms with Crippen LogP contribution in [0.2, 0.25) is 0 Å². The molecule has 0 fully saturated rings. The number of nitrogens with one attached hydrogen (secondary N) is 1. The highest BCUT2D eigenvalue weighted by Crippen LogP contribution is 2.12. The van der Waals surface area contributed by atoms with Crippen LogP contribution >= 0.6 is 0 Å². The van der Waals surface area contributed by atoms with E-state index in [1.807, 2.05) is 37.3 Å². The van der Waals surface area contributed by atoms with Crippen LogP contribution in [0.15, 0.2) is 36.9 Å². The van der Waals surface area contributed by atoms with E-state index < -0.39 is 6.10 Å². The van der Waals surface area contributed by atoms with Gasteiger partial charge in [-0.2, -0.15) is 0 Å². The summed E-state index contributed by atoms with van der Waals surface area (Å²) in [6.45, 7) is 8.60. The van der Waals surface area contributed by atoms with Crippen molar-refractivity contribution in [2.24, 2.45) is 0 Å². The van der Waals surface area contributed by atoms with Gasteiger partial charge in [0.1, 0.15) is 18.5 Å². The van der Waals surface area contributed by atoms with Crippen LogP contribution in [0, 0.1) is 6.92 Å². The molecule has 100 valence electrons. The summed E-state index contributed by atoms with van der Waals surface area (Å²) in [6, 6.07) is 8.15. The molecule has 2 N–H and O–H groups in total. The van der Waals surface area contributed by atoms with E-state index in [4.69, 9.17) is 4.74 Å². The van der Waals surface area contributed by atoms with Crippen LogP contribution in [0.1, 0.15) is 18.9 Å². The molecule has 0 aromatic heterocycles. The second-order valence-corrected chi connectivity index (χ2v) is 4.62. The van der Waals surface area contributed by atoms with Crippen LogP contribution < -0.4 is 10.1 Å². The second kappa shape index (κ2) is 7.90. The zero-order valence-corrected chi connectivity index (χ0v) is 11.2. The zero-order valence-electron chi connectivity index (χ0n) is 11.2. The first-order chi connectivity index (χ1) is 8.61. The molecule has 2 unspecified atom stereocenters. The summed E-state index contributed by atoms with van der Waals surface area (Å²) in [5.74, 6) is 0.799. The molecule has 0 amide bonds. The van der Waals surface area contributed by atoms with Crippen molar-refractivity contribution in [3.8, 4) is 5.75 Å². The average Bonchev–Trinajstić information content (AvgIpc) is 2.34. The smallest absolute Gasteiger partial charge is 0.119 e. The van der Waals surface area contributed by atoms with Gasteiger partial charge < -0.3 is 15.2 Å². The first-order valence-corrected chi connectivity index (χ1v) is 6.33. The predicted octanol–water partition coefficient (Wildman–Crippen LogP) is 2.29. The minimum absolute atomic E-state index is 0.303. The van der Waals surface area contributed by atoms with Gasteiger partial charge in [-0.05, 0) is 38.0 Å². The molecule has 0 aliphatic carbocycles. The molecule has 0 saturated heterocycles. The van der Waals surface area contributed by atoms with Gasteiger partial charge in [0.15, 0.2) is 0 Å². The summed E-state index contributed by atoms with van der Waals surface area (Å²) in [4.78, 5) is 0. The molecular formula is C15H23NO2. The maximum Gasteiger partial charge on any atom is 0.119 e. The molecule has 0 aliphatic heterocycles. The third-order valence-electron chi connectivity index (χ3n) is 2.65. The van der Waals surface area contributed by atoms with E-state index in [1.165, 1.54) is 0 Å². The van der Waals surface area contributed by atoms with E-state index in [-0.39, 0.29) is 0 Å². The second-order valence-electron chi connectivity index (χ2n) is 4.62. The van der Waals surface area contributed by atoms with Crippen LogP contribution in [0.4, 0.5) is 0 Å². The Hall–Kier alpha value is -1.32. The maximum atomic E-state index is 9.78. The Labute approximate surface area is 109 Å². The van der Waals surface area contributed by atoms with Gasteiger partial charge in [0.2, 0.25) is 0 Å². The van der Waals surface area contributed by atoms with Gasteiger partial charge in [-0.3, -0.25) is 0 Å². The number of aryl methyl sites for hydroxylation is 1.